The molecule has 0 aliphatic carbocycles. The summed E-state index contributed by atoms with van der Waals surface area (Å²) < 4.78 is 5.35. The summed E-state index contributed by atoms with van der Waals surface area (Å²) in [6.07, 6.45) is 2.51. The van der Waals surface area contributed by atoms with E-state index in [1.807, 2.05) is 0 Å². The van der Waals surface area contributed by atoms with Crippen LogP contribution in [-0.2, 0) is 11.3 Å². The van der Waals surface area contributed by atoms with E-state index in [1.165, 1.54) is 6.07 Å². The van der Waals surface area contributed by atoms with Crippen LogP contribution in [0.5, 0.6) is 0 Å². The van der Waals surface area contributed by atoms with E-state index in [9.17, 15) is 9.59 Å². The average Bonchev–Trinajstić information content (AvgIpc) is 2.63. The minimum Gasteiger partial charge on any atom is -0.478 e. The molecule has 0 unspecified atom stereocenters. The van der Waals surface area contributed by atoms with Crippen LogP contribution in [0.1, 0.15) is 41.1 Å². The highest BCUT2D eigenvalue weighted by atomic mass is 16.4. The lowest BCUT2D eigenvalue weighted by Crippen LogP contribution is -2.34. The molecule has 2 heterocycles. The van der Waals surface area contributed by atoms with Gasteiger partial charge in [0, 0.05) is 13.0 Å². The number of hydrogen-bond acceptors (Lipinski definition) is 3. The molecule has 5 nitrogen and oxygen atoms in total. The fourth-order valence-electron chi connectivity index (χ4n) is 2.05. The van der Waals surface area contributed by atoms with E-state index < -0.39 is 5.97 Å². The molecular formula is C12H15NO4. The van der Waals surface area contributed by atoms with Crippen molar-refractivity contribution in [3.8, 4) is 0 Å². The smallest absolute Gasteiger partial charge is 0.339 e. The molecule has 1 aliphatic rings. The molecule has 1 aliphatic heterocycles. The Morgan fingerprint density at radius 2 is 2.29 bits per heavy atom. The molecule has 0 saturated carbocycles. The minimum atomic E-state index is -0.998. The van der Waals surface area contributed by atoms with Crippen molar-refractivity contribution < 1.29 is 19.1 Å². The zero-order chi connectivity index (χ0) is 12.4. The van der Waals surface area contributed by atoms with Gasteiger partial charge in [0.15, 0.2) is 0 Å². The third-order valence-electron chi connectivity index (χ3n) is 2.97. The van der Waals surface area contributed by atoms with Crippen molar-refractivity contribution in [1.29, 1.82) is 0 Å². The summed E-state index contributed by atoms with van der Waals surface area (Å²) in [6, 6.07) is 1.50. The fourth-order valence-corrected chi connectivity index (χ4v) is 2.05. The molecule has 1 N–H and O–H groups in total. The number of nitrogens with zero attached hydrogens (tertiary/aromatic N) is 1. The second kappa shape index (κ2) is 4.61. The van der Waals surface area contributed by atoms with Crippen molar-refractivity contribution in [2.75, 3.05) is 6.54 Å². The molecule has 92 valence electrons. The van der Waals surface area contributed by atoms with E-state index in [4.69, 9.17) is 9.52 Å². The van der Waals surface area contributed by atoms with E-state index in [0.29, 0.717) is 24.5 Å². The maximum atomic E-state index is 11.6. The number of aromatic carboxylic acids is 1. The molecule has 0 aromatic carbocycles. The van der Waals surface area contributed by atoms with E-state index in [-0.39, 0.29) is 11.5 Å². The van der Waals surface area contributed by atoms with Gasteiger partial charge in [-0.2, -0.15) is 0 Å². The zero-order valence-electron chi connectivity index (χ0n) is 9.73. The largest absolute Gasteiger partial charge is 0.478 e. The molecule has 5 heteroatoms. The average molecular weight is 237 g/mol. The summed E-state index contributed by atoms with van der Waals surface area (Å²) in [7, 11) is 0. The van der Waals surface area contributed by atoms with E-state index in [1.54, 1.807) is 11.8 Å². The van der Waals surface area contributed by atoms with Crippen LogP contribution in [-0.4, -0.2) is 28.4 Å². The zero-order valence-corrected chi connectivity index (χ0v) is 9.73. The number of carbonyl (C=O) groups is 2. The van der Waals surface area contributed by atoms with Gasteiger partial charge in [0.05, 0.1) is 6.54 Å². The van der Waals surface area contributed by atoms with Crippen LogP contribution in [0.25, 0.3) is 0 Å². The van der Waals surface area contributed by atoms with Crippen molar-refractivity contribution in [2.24, 2.45) is 0 Å². The Balaban J connectivity index is 2.10. The topological polar surface area (TPSA) is 70.8 Å². The summed E-state index contributed by atoms with van der Waals surface area (Å²) in [5.74, 6) is 0.0387. The van der Waals surface area contributed by atoms with E-state index >= 15 is 0 Å². The van der Waals surface area contributed by atoms with Gasteiger partial charge in [-0.25, -0.2) is 4.79 Å². The van der Waals surface area contributed by atoms with Gasteiger partial charge in [-0.15, -0.1) is 0 Å². The summed E-state index contributed by atoms with van der Waals surface area (Å²) in [5.41, 5.74) is 0.171. The standard InChI is InChI=1S/C12H15NO4/c1-8-10(12(15)16)6-9(17-8)7-13-5-3-2-4-11(13)14/h6H,2-5,7H2,1H3,(H,15,16). The number of likely N-dealkylation sites (tertiary alicyclic amines) is 1. The van der Waals surface area contributed by atoms with Gasteiger partial charge in [0.1, 0.15) is 17.1 Å². The number of aryl methyl sites for hydroxylation is 1. The molecule has 1 fully saturated rings. The third-order valence-corrected chi connectivity index (χ3v) is 2.97. The van der Waals surface area contributed by atoms with Crippen molar-refractivity contribution in [3.05, 3.63) is 23.2 Å². The van der Waals surface area contributed by atoms with Crippen LogP contribution < -0.4 is 0 Å². The van der Waals surface area contributed by atoms with Crippen LogP contribution >= 0.6 is 0 Å². The number of carbonyl (C=O) groups excluding carboxylic acids is 1. The number of piperidine rings is 1. The van der Waals surface area contributed by atoms with E-state index in [0.717, 1.165) is 19.4 Å². The predicted molar refractivity (Wildman–Crippen MR) is 59.7 cm³/mol. The summed E-state index contributed by atoms with van der Waals surface area (Å²) in [4.78, 5) is 24.2. The van der Waals surface area contributed by atoms with Crippen LogP contribution in [0.3, 0.4) is 0 Å². The Hall–Kier alpha value is -1.78. The number of rotatable bonds is 3. The molecule has 0 bridgehead atoms. The van der Waals surface area contributed by atoms with Crippen LogP contribution in [0.2, 0.25) is 0 Å². The van der Waals surface area contributed by atoms with Crippen LogP contribution in [0, 0.1) is 6.92 Å². The number of carboxylic acid groups (broad SMARTS) is 1. The SMILES string of the molecule is Cc1oc(CN2CCCCC2=O)cc1C(=O)O. The molecule has 1 aromatic rings. The van der Waals surface area contributed by atoms with Gasteiger partial charge in [0.2, 0.25) is 5.91 Å². The molecule has 1 amide bonds. The van der Waals surface area contributed by atoms with Crippen molar-refractivity contribution in [1.82, 2.24) is 4.90 Å². The summed E-state index contributed by atoms with van der Waals surface area (Å²) in [5, 5.41) is 8.90. The lowest BCUT2D eigenvalue weighted by Gasteiger charge is -2.25. The second-order valence-corrected chi connectivity index (χ2v) is 4.26. The Labute approximate surface area is 99.0 Å². The fraction of sp³-hybridized carbons (Fsp3) is 0.500. The first-order chi connectivity index (χ1) is 8.08. The summed E-state index contributed by atoms with van der Waals surface area (Å²) in [6.45, 7) is 2.71. The molecule has 17 heavy (non-hydrogen) atoms. The predicted octanol–water partition coefficient (Wildman–Crippen LogP) is 1.80. The highest BCUT2D eigenvalue weighted by Crippen LogP contribution is 2.19. The van der Waals surface area contributed by atoms with E-state index in [2.05, 4.69) is 0 Å². The van der Waals surface area contributed by atoms with Gasteiger partial charge >= 0.3 is 5.97 Å². The molecule has 0 atom stereocenters. The number of carboxylic acids is 1. The van der Waals surface area contributed by atoms with Crippen molar-refractivity contribution in [3.63, 3.8) is 0 Å². The first kappa shape index (κ1) is 11.7. The monoisotopic (exact) mass is 237 g/mol. The lowest BCUT2D eigenvalue weighted by molar-refractivity contribution is -0.134. The normalized spacial score (nSPS) is 16.3. The Morgan fingerprint density at radius 3 is 2.88 bits per heavy atom. The molecule has 1 saturated heterocycles. The highest BCUT2D eigenvalue weighted by molar-refractivity contribution is 5.88. The molecule has 0 radical (unpaired) electrons. The number of amides is 1. The van der Waals surface area contributed by atoms with Gasteiger partial charge in [-0.05, 0) is 25.8 Å². The van der Waals surface area contributed by atoms with Crippen LogP contribution in [0.4, 0.5) is 0 Å². The number of furan rings is 1. The highest BCUT2D eigenvalue weighted by Gasteiger charge is 2.21. The Morgan fingerprint density at radius 1 is 1.53 bits per heavy atom. The Kier molecular flexibility index (Phi) is 3.17. The van der Waals surface area contributed by atoms with Crippen molar-refractivity contribution >= 4 is 11.9 Å². The maximum Gasteiger partial charge on any atom is 0.339 e. The molecule has 1 aromatic heterocycles. The molecular weight excluding hydrogens is 222 g/mol. The van der Waals surface area contributed by atoms with Gasteiger partial charge < -0.3 is 14.4 Å². The van der Waals surface area contributed by atoms with Gasteiger partial charge in [0.25, 0.3) is 0 Å². The molecule has 0 spiro atoms. The quantitative estimate of drug-likeness (QED) is 0.870. The number of hydrogen-bond donors (Lipinski definition) is 1. The van der Waals surface area contributed by atoms with Crippen LogP contribution in [0.15, 0.2) is 10.5 Å². The Bertz CT molecular complexity index is 449. The minimum absolute atomic E-state index is 0.113. The lowest BCUT2D eigenvalue weighted by atomic mass is 10.1. The molecule has 2 rings (SSSR count). The van der Waals surface area contributed by atoms with Crippen molar-refractivity contribution in [2.45, 2.75) is 32.7 Å². The first-order valence-corrected chi connectivity index (χ1v) is 5.68. The van der Waals surface area contributed by atoms with Gasteiger partial charge in [-0.3, -0.25) is 4.79 Å². The third kappa shape index (κ3) is 2.49. The second-order valence-electron chi connectivity index (χ2n) is 4.26. The summed E-state index contributed by atoms with van der Waals surface area (Å²) >= 11 is 0. The van der Waals surface area contributed by atoms with Gasteiger partial charge in [-0.1, -0.05) is 0 Å². The maximum absolute atomic E-state index is 11.6. The first-order valence-electron chi connectivity index (χ1n) is 5.68.